The van der Waals surface area contributed by atoms with Crippen LogP contribution in [-0.2, 0) is 23.8 Å². The Morgan fingerprint density at radius 3 is 3.09 bits per heavy atom. The van der Waals surface area contributed by atoms with Gasteiger partial charge in [-0.25, -0.2) is 15.0 Å². The van der Waals surface area contributed by atoms with Gasteiger partial charge in [-0.05, 0) is 0 Å². The van der Waals surface area contributed by atoms with Gasteiger partial charge in [-0.2, -0.15) is 8.42 Å². The third-order valence-electron chi connectivity index (χ3n) is 4.02. The molecule has 4 heterocycles. The monoisotopic (exact) mass is 341 g/mol. The fraction of sp³-hybridized carbons (Fsp3) is 0.583. The number of nitrogen functional groups attached to an aromatic ring is 1. The lowest BCUT2D eigenvalue weighted by Crippen LogP contribution is -2.40. The van der Waals surface area contributed by atoms with Gasteiger partial charge in [0.05, 0.1) is 25.8 Å². The molecular formula is C12H15N5O5S. The zero-order valence-electron chi connectivity index (χ0n) is 12.2. The minimum atomic E-state index is -3.54. The summed E-state index contributed by atoms with van der Waals surface area (Å²) >= 11 is 0. The van der Waals surface area contributed by atoms with E-state index in [4.69, 9.17) is 19.4 Å². The van der Waals surface area contributed by atoms with E-state index in [0.717, 1.165) is 6.26 Å². The normalized spacial score (nSPS) is 30.3. The second kappa shape index (κ2) is 4.84. The van der Waals surface area contributed by atoms with Crippen molar-refractivity contribution in [2.24, 2.45) is 0 Å². The molecule has 2 N–H and O–H groups in total. The first-order valence-corrected chi connectivity index (χ1v) is 8.75. The van der Waals surface area contributed by atoms with Crippen LogP contribution in [0.4, 0.5) is 5.82 Å². The molecule has 2 aromatic rings. The number of ether oxygens (including phenoxy) is 2. The van der Waals surface area contributed by atoms with E-state index >= 15 is 0 Å². The van der Waals surface area contributed by atoms with E-state index in [-0.39, 0.29) is 25.1 Å². The number of hydrogen-bond donors (Lipinski definition) is 1. The molecular weight excluding hydrogens is 326 g/mol. The average molecular weight is 341 g/mol. The molecule has 2 aliphatic heterocycles. The number of aromatic nitrogens is 4. The molecule has 10 nitrogen and oxygen atoms in total. The van der Waals surface area contributed by atoms with Crippen LogP contribution in [0, 0.1) is 0 Å². The van der Waals surface area contributed by atoms with Gasteiger partial charge < -0.3 is 15.2 Å². The largest absolute Gasteiger partial charge is 0.382 e. The molecule has 3 atom stereocenters. The Hall–Kier alpha value is -1.82. The summed E-state index contributed by atoms with van der Waals surface area (Å²) in [7, 11) is -3.54. The van der Waals surface area contributed by atoms with Crippen LogP contribution in [-0.4, -0.2) is 59.1 Å². The molecule has 2 bridgehead atoms. The maximum atomic E-state index is 11.2. The number of anilines is 1. The van der Waals surface area contributed by atoms with Crippen LogP contribution in [0.1, 0.15) is 12.6 Å². The number of imidazole rings is 1. The Kier molecular flexibility index (Phi) is 3.10. The first-order valence-electron chi connectivity index (χ1n) is 6.94. The molecule has 0 spiro atoms. The maximum absolute atomic E-state index is 11.2. The van der Waals surface area contributed by atoms with Gasteiger partial charge in [0.2, 0.25) is 0 Å². The molecule has 0 aromatic carbocycles. The topological polar surface area (TPSA) is 131 Å². The Morgan fingerprint density at radius 1 is 1.48 bits per heavy atom. The number of nitrogens with two attached hydrogens (primary N) is 1. The average Bonchev–Trinajstić information content (AvgIpc) is 3.17. The molecule has 23 heavy (non-hydrogen) atoms. The minimum absolute atomic E-state index is 0.0808. The standard InChI is InChI=1S/C12H15N5O5S/c1-23(18,19)21-4-12-2-7(20-3-12)11(22-12)17-6-16-8-9(13)14-5-15-10(8)17/h5-7,11H,2-4H2,1H3,(H2,13,14,15)/t7-,11-,12-/m1/s1. The fourth-order valence-corrected chi connectivity index (χ4v) is 3.41. The summed E-state index contributed by atoms with van der Waals surface area (Å²) < 4.78 is 40.8. The number of hydrogen-bond acceptors (Lipinski definition) is 9. The van der Waals surface area contributed by atoms with Crippen LogP contribution >= 0.6 is 0 Å². The number of nitrogens with zero attached hydrogens (tertiary/aromatic N) is 4. The van der Waals surface area contributed by atoms with Crippen molar-refractivity contribution < 1.29 is 22.1 Å². The number of fused-ring (bicyclic) bond motifs is 3. The van der Waals surface area contributed by atoms with Gasteiger partial charge in [0.1, 0.15) is 23.5 Å². The summed E-state index contributed by atoms with van der Waals surface area (Å²) in [6.07, 6.45) is 3.76. The lowest BCUT2D eigenvalue weighted by Gasteiger charge is -2.30. The molecule has 11 heteroatoms. The first kappa shape index (κ1) is 14.8. The molecule has 2 aliphatic rings. The highest BCUT2D eigenvalue weighted by Gasteiger charge is 2.55. The summed E-state index contributed by atoms with van der Waals surface area (Å²) in [5, 5.41) is 0. The molecule has 2 fully saturated rings. The molecule has 0 amide bonds. The zero-order valence-corrected chi connectivity index (χ0v) is 13.1. The van der Waals surface area contributed by atoms with Crippen molar-refractivity contribution in [2.45, 2.75) is 24.4 Å². The summed E-state index contributed by atoms with van der Waals surface area (Å²) in [5.74, 6) is 0.285. The minimum Gasteiger partial charge on any atom is -0.382 e. The van der Waals surface area contributed by atoms with Crippen molar-refractivity contribution in [1.82, 2.24) is 19.5 Å². The van der Waals surface area contributed by atoms with E-state index in [0.29, 0.717) is 17.6 Å². The predicted molar refractivity (Wildman–Crippen MR) is 77.7 cm³/mol. The Morgan fingerprint density at radius 2 is 2.30 bits per heavy atom. The van der Waals surface area contributed by atoms with E-state index in [1.807, 2.05) is 0 Å². The lowest BCUT2D eigenvalue weighted by molar-refractivity contribution is -0.179. The van der Waals surface area contributed by atoms with Gasteiger partial charge >= 0.3 is 0 Å². The maximum Gasteiger partial charge on any atom is 0.264 e. The summed E-state index contributed by atoms with van der Waals surface area (Å²) in [4.78, 5) is 12.3. The van der Waals surface area contributed by atoms with Crippen molar-refractivity contribution in [3.8, 4) is 0 Å². The predicted octanol–water partition coefficient (Wildman–Crippen LogP) is -0.559. The second-order valence-electron chi connectivity index (χ2n) is 5.79. The lowest BCUT2D eigenvalue weighted by atomic mass is 10.0. The van der Waals surface area contributed by atoms with Crippen LogP contribution in [0.5, 0.6) is 0 Å². The summed E-state index contributed by atoms with van der Waals surface area (Å²) in [5.41, 5.74) is 6.02. The molecule has 0 saturated carbocycles. The Balaban J connectivity index is 1.63. The third kappa shape index (κ3) is 2.45. The van der Waals surface area contributed by atoms with Gasteiger partial charge in [-0.1, -0.05) is 0 Å². The molecule has 2 aromatic heterocycles. The van der Waals surface area contributed by atoms with Crippen molar-refractivity contribution in [3.05, 3.63) is 12.7 Å². The molecule has 0 unspecified atom stereocenters. The van der Waals surface area contributed by atoms with Crippen molar-refractivity contribution >= 4 is 27.1 Å². The van der Waals surface area contributed by atoms with Crippen molar-refractivity contribution in [1.29, 1.82) is 0 Å². The molecule has 0 aliphatic carbocycles. The van der Waals surface area contributed by atoms with E-state index in [1.165, 1.54) is 6.33 Å². The Labute approximate surface area is 131 Å². The van der Waals surface area contributed by atoms with Gasteiger partial charge in [0.15, 0.2) is 17.7 Å². The number of rotatable bonds is 4. The highest BCUT2D eigenvalue weighted by atomic mass is 32.2. The zero-order chi connectivity index (χ0) is 16.2. The van der Waals surface area contributed by atoms with E-state index in [1.54, 1.807) is 10.9 Å². The van der Waals surface area contributed by atoms with Crippen LogP contribution in [0.3, 0.4) is 0 Å². The van der Waals surface area contributed by atoms with Crippen molar-refractivity contribution in [3.63, 3.8) is 0 Å². The molecule has 4 rings (SSSR count). The van der Waals surface area contributed by atoms with E-state index < -0.39 is 21.9 Å². The summed E-state index contributed by atoms with van der Waals surface area (Å²) in [6.45, 7) is 0.204. The summed E-state index contributed by atoms with van der Waals surface area (Å²) in [6, 6.07) is 0. The SMILES string of the molecule is CS(=O)(=O)OC[C@]12CO[C@H](C1)[C@H](n1cnc3c(N)ncnc31)O2. The van der Waals surface area contributed by atoms with Gasteiger partial charge in [0, 0.05) is 6.42 Å². The first-order chi connectivity index (χ1) is 10.9. The third-order valence-corrected chi connectivity index (χ3v) is 4.57. The van der Waals surface area contributed by atoms with Crippen LogP contribution < -0.4 is 5.73 Å². The quantitative estimate of drug-likeness (QED) is 0.727. The second-order valence-corrected chi connectivity index (χ2v) is 7.44. The van der Waals surface area contributed by atoms with Crippen LogP contribution in [0.15, 0.2) is 12.7 Å². The van der Waals surface area contributed by atoms with E-state index in [9.17, 15) is 8.42 Å². The highest BCUT2D eigenvalue weighted by molar-refractivity contribution is 7.85. The van der Waals surface area contributed by atoms with Crippen LogP contribution in [0.2, 0.25) is 0 Å². The fourth-order valence-electron chi connectivity index (χ4n) is 2.98. The van der Waals surface area contributed by atoms with Crippen molar-refractivity contribution in [2.75, 3.05) is 25.2 Å². The molecule has 2 saturated heterocycles. The molecule has 0 radical (unpaired) electrons. The molecule has 124 valence electrons. The Bertz CT molecular complexity index is 868. The highest BCUT2D eigenvalue weighted by Crippen LogP contribution is 2.45. The smallest absolute Gasteiger partial charge is 0.264 e. The van der Waals surface area contributed by atoms with Gasteiger partial charge in [-0.15, -0.1) is 0 Å². The van der Waals surface area contributed by atoms with Gasteiger partial charge in [0.25, 0.3) is 10.1 Å². The van der Waals surface area contributed by atoms with Crippen LogP contribution in [0.25, 0.3) is 11.2 Å². The van der Waals surface area contributed by atoms with E-state index in [2.05, 4.69) is 15.0 Å². The van der Waals surface area contributed by atoms with Gasteiger partial charge in [-0.3, -0.25) is 8.75 Å².